The van der Waals surface area contributed by atoms with Crippen molar-refractivity contribution >= 4 is 39.1 Å². The Balaban J connectivity index is 1.91. The summed E-state index contributed by atoms with van der Waals surface area (Å²) in [7, 11) is 0.265. The quantitative estimate of drug-likeness (QED) is 0.686. The van der Waals surface area contributed by atoms with E-state index in [0.717, 1.165) is 13.0 Å². The van der Waals surface area contributed by atoms with Crippen LogP contribution in [0.2, 0.25) is 10.0 Å². The number of carbonyl (C=O) groups excluding carboxylic acids is 1. The first-order valence-corrected chi connectivity index (χ1v) is 10.8. The van der Waals surface area contributed by atoms with Crippen molar-refractivity contribution in [1.82, 2.24) is 14.5 Å². The minimum absolute atomic E-state index is 0.00147. The van der Waals surface area contributed by atoms with Crippen LogP contribution < -0.4 is 5.32 Å². The summed E-state index contributed by atoms with van der Waals surface area (Å²) in [6, 6.07) is 4.39. The Morgan fingerprint density at radius 1 is 1.27 bits per heavy atom. The predicted octanol–water partition coefficient (Wildman–Crippen LogP) is 2.46. The van der Waals surface area contributed by atoms with E-state index in [1.165, 1.54) is 16.4 Å². The molecular formula is C17H25Cl2N3O3S. The maximum atomic E-state index is 12.8. The summed E-state index contributed by atoms with van der Waals surface area (Å²) in [6.45, 7) is 2.13. The molecule has 1 amide bonds. The average molecular weight is 422 g/mol. The van der Waals surface area contributed by atoms with Gasteiger partial charge in [0, 0.05) is 30.6 Å². The van der Waals surface area contributed by atoms with Crippen molar-refractivity contribution in [3.05, 3.63) is 28.2 Å². The van der Waals surface area contributed by atoms with Gasteiger partial charge < -0.3 is 10.2 Å². The summed E-state index contributed by atoms with van der Waals surface area (Å²) >= 11 is 11.9. The van der Waals surface area contributed by atoms with E-state index in [0.29, 0.717) is 37.5 Å². The third kappa shape index (κ3) is 5.57. The molecule has 1 aromatic rings. The van der Waals surface area contributed by atoms with Gasteiger partial charge in [0.2, 0.25) is 15.9 Å². The van der Waals surface area contributed by atoms with Crippen molar-refractivity contribution in [2.45, 2.75) is 24.2 Å². The van der Waals surface area contributed by atoms with Crippen LogP contribution in [0.3, 0.4) is 0 Å². The second kappa shape index (κ2) is 9.37. The molecule has 0 aliphatic carbocycles. The van der Waals surface area contributed by atoms with Gasteiger partial charge in [-0.05, 0) is 58.1 Å². The minimum atomic E-state index is -3.72. The second-order valence-corrected chi connectivity index (χ2v) is 9.45. The number of nitrogens with zero attached hydrogens (tertiary/aromatic N) is 2. The summed E-state index contributed by atoms with van der Waals surface area (Å²) in [5, 5.41) is 3.41. The number of hydrogen-bond donors (Lipinski definition) is 1. The molecule has 0 aromatic heterocycles. The van der Waals surface area contributed by atoms with E-state index in [4.69, 9.17) is 23.2 Å². The van der Waals surface area contributed by atoms with Gasteiger partial charge in [-0.25, -0.2) is 8.42 Å². The monoisotopic (exact) mass is 421 g/mol. The zero-order valence-electron chi connectivity index (χ0n) is 15.0. The van der Waals surface area contributed by atoms with Gasteiger partial charge in [0.05, 0.1) is 5.02 Å². The standard InChI is InChI=1S/C17H25Cl2N3O3S/c1-21(2)9-3-8-20-17(23)13-6-10-22(11-7-13)26(24,25)16-12-14(18)4-5-15(16)19/h4-5,12-13H,3,6-11H2,1-2H3,(H,20,23). The van der Waals surface area contributed by atoms with E-state index in [9.17, 15) is 13.2 Å². The molecule has 1 N–H and O–H groups in total. The van der Waals surface area contributed by atoms with E-state index in [2.05, 4.69) is 10.2 Å². The van der Waals surface area contributed by atoms with Gasteiger partial charge in [-0.15, -0.1) is 0 Å². The van der Waals surface area contributed by atoms with Crippen LogP contribution in [0.1, 0.15) is 19.3 Å². The number of piperidine rings is 1. The van der Waals surface area contributed by atoms with Crippen LogP contribution in [0, 0.1) is 5.92 Å². The Kier molecular flexibility index (Phi) is 7.73. The molecule has 6 nitrogen and oxygen atoms in total. The summed E-state index contributed by atoms with van der Waals surface area (Å²) in [6.07, 6.45) is 1.88. The van der Waals surface area contributed by atoms with Crippen LogP contribution in [0.4, 0.5) is 0 Å². The van der Waals surface area contributed by atoms with Gasteiger partial charge in [0.1, 0.15) is 4.90 Å². The predicted molar refractivity (Wildman–Crippen MR) is 104 cm³/mol. The van der Waals surface area contributed by atoms with E-state index in [1.807, 2.05) is 14.1 Å². The van der Waals surface area contributed by atoms with E-state index in [1.54, 1.807) is 6.07 Å². The lowest BCUT2D eigenvalue weighted by atomic mass is 9.97. The van der Waals surface area contributed by atoms with Crippen molar-refractivity contribution < 1.29 is 13.2 Å². The third-order valence-electron chi connectivity index (χ3n) is 4.42. The molecule has 0 atom stereocenters. The van der Waals surface area contributed by atoms with Gasteiger partial charge in [-0.3, -0.25) is 4.79 Å². The van der Waals surface area contributed by atoms with Crippen molar-refractivity contribution in [1.29, 1.82) is 0 Å². The Morgan fingerprint density at radius 2 is 1.92 bits per heavy atom. The molecule has 1 heterocycles. The number of carbonyl (C=O) groups is 1. The van der Waals surface area contributed by atoms with Crippen molar-refractivity contribution in [2.24, 2.45) is 5.92 Å². The molecule has 0 bridgehead atoms. The van der Waals surface area contributed by atoms with Crippen molar-refractivity contribution in [3.8, 4) is 0 Å². The van der Waals surface area contributed by atoms with E-state index >= 15 is 0 Å². The molecule has 1 aromatic carbocycles. The minimum Gasteiger partial charge on any atom is -0.356 e. The number of nitrogens with one attached hydrogen (secondary N) is 1. The zero-order chi connectivity index (χ0) is 19.3. The highest BCUT2D eigenvalue weighted by Crippen LogP contribution is 2.30. The largest absolute Gasteiger partial charge is 0.356 e. The first kappa shape index (κ1) is 21.4. The maximum absolute atomic E-state index is 12.8. The Morgan fingerprint density at radius 3 is 2.54 bits per heavy atom. The lowest BCUT2D eigenvalue weighted by Gasteiger charge is -2.30. The fourth-order valence-corrected chi connectivity index (χ4v) is 5.13. The van der Waals surface area contributed by atoms with Gasteiger partial charge in [0.25, 0.3) is 0 Å². The van der Waals surface area contributed by atoms with Crippen LogP contribution in [-0.4, -0.2) is 63.8 Å². The normalized spacial score (nSPS) is 16.8. The molecule has 0 saturated carbocycles. The summed E-state index contributed by atoms with van der Waals surface area (Å²) in [5.74, 6) is -0.155. The summed E-state index contributed by atoms with van der Waals surface area (Å²) in [5.41, 5.74) is 0. The maximum Gasteiger partial charge on any atom is 0.244 e. The molecule has 2 rings (SSSR count). The first-order valence-electron chi connectivity index (χ1n) is 8.59. The molecule has 0 spiro atoms. The lowest BCUT2D eigenvalue weighted by molar-refractivity contribution is -0.126. The smallest absolute Gasteiger partial charge is 0.244 e. The fraction of sp³-hybridized carbons (Fsp3) is 0.588. The second-order valence-electron chi connectivity index (χ2n) is 6.70. The zero-order valence-corrected chi connectivity index (χ0v) is 17.4. The molecule has 26 heavy (non-hydrogen) atoms. The molecule has 0 radical (unpaired) electrons. The van der Waals surface area contributed by atoms with Gasteiger partial charge >= 0.3 is 0 Å². The van der Waals surface area contributed by atoms with Crippen LogP contribution in [0.25, 0.3) is 0 Å². The molecule has 146 valence electrons. The SMILES string of the molecule is CN(C)CCCNC(=O)C1CCN(S(=O)(=O)c2cc(Cl)ccc2Cl)CC1. The fourth-order valence-electron chi connectivity index (χ4n) is 2.92. The van der Waals surface area contributed by atoms with Crippen molar-refractivity contribution in [2.75, 3.05) is 40.3 Å². The number of benzene rings is 1. The molecule has 0 unspecified atom stereocenters. The molecule has 1 saturated heterocycles. The molecule has 1 aliphatic rings. The lowest BCUT2D eigenvalue weighted by Crippen LogP contribution is -2.43. The van der Waals surface area contributed by atoms with Gasteiger partial charge in [-0.2, -0.15) is 4.31 Å². The van der Waals surface area contributed by atoms with Gasteiger partial charge in [0.15, 0.2) is 0 Å². The average Bonchev–Trinajstić information content (AvgIpc) is 2.60. The number of halogens is 2. The Labute approximate surface area is 165 Å². The third-order valence-corrected chi connectivity index (χ3v) is 7.03. The number of sulfonamides is 1. The molecular weight excluding hydrogens is 397 g/mol. The Bertz CT molecular complexity index is 733. The number of amides is 1. The summed E-state index contributed by atoms with van der Waals surface area (Å²) < 4.78 is 27.0. The highest BCUT2D eigenvalue weighted by atomic mass is 35.5. The van der Waals surface area contributed by atoms with Crippen LogP contribution in [0.5, 0.6) is 0 Å². The summed E-state index contributed by atoms with van der Waals surface area (Å²) in [4.78, 5) is 14.3. The van der Waals surface area contributed by atoms with Crippen molar-refractivity contribution in [3.63, 3.8) is 0 Å². The molecule has 9 heteroatoms. The highest BCUT2D eigenvalue weighted by molar-refractivity contribution is 7.89. The topological polar surface area (TPSA) is 69.7 Å². The van der Waals surface area contributed by atoms with Crippen LogP contribution in [-0.2, 0) is 14.8 Å². The van der Waals surface area contributed by atoms with Crippen LogP contribution in [0.15, 0.2) is 23.1 Å². The Hall–Kier alpha value is -0.860. The number of hydrogen-bond acceptors (Lipinski definition) is 4. The highest BCUT2D eigenvalue weighted by Gasteiger charge is 2.33. The number of rotatable bonds is 7. The van der Waals surface area contributed by atoms with Gasteiger partial charge in [-0.1, -0.05) is 23.2 Å². The van der Waals surface area contributed by atoms with Crippen LogP contribution >= 0.6 is 23.2 Å². The molecule has 1 fully saturated rings. The molecule has 1 aliphatic heterocycles. The van der Waals surface area contributed by atoms with E-state index < -0.39 is 10.0 Å². The van der Waals surface area contributed by atoms with E-state index in [-0.39, 0.29) is 21.7 Å². The first-order chi connectivity index (χ1) is 12.2.